The summed E-state index contributed by atoms with van der Waals surface area (Å²) in [6, 6.07) is 9.61. The standard InChI is InChI=1S/C24H35N3O/c1-25(2)13-5-6-19-9-11-21(12-10-19)24-22-17-26(16-20-7-8-20)14-3-4-15-27(22)23(24)18-28/h9-12,20,22-24,28H,3-4,7-8,13-18H2,1-2H3/t22-,23+,24-/m1/s1. The van der Waals surface area contributed by atoms with Gasteiger partial charge in [0.2, 0.25) is 0 Å². The van der Waals surface area contributed by atoms with E-state index in [0.29, 0.717) is 12.0 Å². The lowest BCUT2D eigenvalue weighted by Gasteiger charge is -2.57. The highest BCUT2D eigenvalue weighted by Crippen LogP contribution is 2.42. The third-order valence-electron chi connectivity index (χ3n) is 6.59. The molecule has 1 aromatic carbocycles. The average Bonchev–Trinajstić information content (AvgIpc) is 3.47. The molecule has 0 aromatic heterocycles. The molecular weight excluding hydrogens is 346 g/mol. The van der Waals surface area contributed by atoms with Crippen molar-refractivity contribution in [2.75, 3.05) is 53.4 Å². The Kier molecular flexibility index (Phi) is 6.38. The van der Waals surface area contributed by atoms with E-state index in [9.17, 15) is 5.11 Å². The highest BCUT2D eigenvalue weighted by molar-refractivity contribution is 5.39. The van der Waals surface area contributed by atoms with Crippen LogP contribution in [0.15, 0.2) is 24.3 Å². The highest BCUT2D eigenvalue weighted by Gasteiger charge is 2.49. The summed E-state index contributed by atoms with van der Waals surface area (Å²) in [5.74, 6) is 7.85. The van der Waals surface area contributed by atoms with Crippen molar-refractivity contribution in [1.29, 1.82) is 0 Å². The fourth-order valence-electron chi connectivity index (χ4n) is 4.93. The van der Waals surface area contributed by atoms with E-state index in [1.807, 2.05) is 14.1 Å². The molecule has 152 valence electrons. The minimum Gasteiger partial charge on any atom is -0.395 e. The van der Waals surface area contributed by atoms with Gasteiger partial charge in [-0.2, -0.15) is 0 Å². The molecule has 3 fully saturated rings. The zero-order valence-corrected chi connectivity index (χ0v) is 17.5. The molecular formula is C24H35N3O. The van der Waals surface area contributed by atoms with Crippen LogP contribution >= 0.6 is 0 Å². The maximum atomic E-state index is 10.1. The summed E-state index contributed by atoms with van der Waals surface area (Å²) in [4.78, 5) is 7.36. The lowest BCUT2D eigenvalue weighted by atomic mass is 9.74. The molecule has 3 atom stereocenters. The number of hydrogen-bond acceptors (Lipinski definition) is 4. The van der Waals surface area contributed by atoms with Crippen LogP contribution in [0.3, 0.4) is 0 Å². The predicted octanol–water partition coefficient (Wildman–Crippen LogP) is 2.23. The van der Waals surface area contributed by atoms with Gasteiger partial charge in [0.25, 0.3) is 0 Å². The SMILES string of the molecule is CN(C)CC#Cc1ccc([C@@H]2[C@H]3CN(CC4CC4)CCCCN3[C@H]2CO)cc1. The van der Waals surface area contributed by atoms with Gasteiger partial charge in [0, 0.05) is 36.7 Å². The van der Waals surface area contributed by atoms with Gasteiger partial charge < -0.3 is 10.0 Å². The number of hydrogen-bond donors (Lipinski definition) is 1. The summed E-state index contributed by atoms with van der Waals surface area (Å²) in [6.45, 7) is 5.86. The zero-order valence-electron chi connectivity index (χ0n) is 17.5. The Morgan fingerprint density at radius 1 is 1.11 bits per heavy atom. The molecule has 4 nitrogen and oxygen atoms in total. The number of fused-ring (bicyclic) bond motifs is 1. The second kappa shape index (κ2) is 8.97. The van der Waals surface area contributed by atoms with E-state index in [2.05, 4.69) is 50.8 Å². The summed E-state index contributed by atoms with van der Waals surface area (Å²) in [7, 11) is 4.08. The number of aliphatic hydroxyl groups excluding tert-OH is 1. The summed E-state index contributed by atoms with van der Waals surface area (Å²) >= 11 is 0. The molecule has 1 aliphatic carbocycles. The van der Waals surface area contributed by atoms with Gasteiger partial charge in [-0.05, 0) is 76.5 Å². The third-order valence-corrected chi connectivity index (χ3v) is 6.59. The Bertz CT molecular complexity index is 701. The van der Waals surface area contributed by atoms with Crippen LogP contribution < -0.4 is 0 Å². The fourth-order valence-corrected chi connectivity index (χ4v) is 4.93. The van der Waals surface area contributed by atoms with Crippen LogP contribution in [0.5, 0.6) is 0 Å². The molecule has 0 radical (unpaired) electrons. The third kappa shape index (κ3) is 4.60. The maximum Gasteiger partial charge on any atom is 0.0600 e. The second-order valence-electron chi connectivity index (χ2n) is 9.15. The Labute approximate surface area is 170 Å². The largest absolute Gasteiger partial charge is 0.395 e. The molecule has 28 heavy (non-hydrogen) atoms. The van der Waals surface area contributed by atoms with Crippen LogP contribution in [0.25, 0.3) is 0 Å². The van der Waals surface area contributed by atoms with E-state index >= 15 is 0 Å². The van der Waals surface area contributed by atoms with Crippen LogP contribution in [0.2, 0.25) is 0 Å². The van der Waals surface area contributed by atoms with Crippen molar-refractivity contribution in [1.82, 2.24) is 14.7 Å². The van der Waals surface area contributed by atoms with Crippen LogP contribution in [0.4, 0.5) is 0 Å². The van der Waals surface area contributed by atoms with Gasteiger partial charge in [-0.1, -0.05) is 24.0 Å². The van der Waals surface area contributed by atoms with Crippen molar-refractivity contribution >= 4 is 0 Å². The van der Waals surface area contributed by atoms with Gasteiger partial charge in [-0.15, -0.1) is 0 Å². The Morgan fingerprint density at radius 3 is 2.54 bits per heavy atom. The summed E-state index contributed by atoms with van der Waals surface area (Å²) < 4.78 is 0. The first-order chi connectivity index (χ1) is 13.7. The van der Waals surface area contributed by atoms with Crippen molar-refractivity contribution in [2.24, 2.45) is 5.92 Å². The molecule has 4 heteroatoms. The molecule has 0 amide bonds. The highest BCUT2D eigenvalue weighted by atomic mass is 16.3. The second-order valence-corrected chi connectivity index (χ2v) is 9.15. The van der Waals surface area contributed by atoms with Crippen molar-refractivity contribution in [2.45, 2.75) is 43.7 Å². The van der Waals surface area contributed by atoms with Crippen LogP contribution in [-0.4, -0.2) is 85.3 Å². The number of rotatable bonds is 5. The molecule has 1 aromatic rings. The van der Waals surface area contributed by atoms with E-state index in [1.165, 1.54) is 44.3 Å². The molecule has 2 saturated heterocycles. The topological polar surface area (TPSA) is 30.0 Å². The van der Waals surface area contributed by atoms with E-state index in [0.717, 1.165) is 31.1 Å². The Morgan fingerprint density at radius 2 is 1.86 bits per heavy atom. The van der Waals surface area contributed by atoms with Crippen LogP contribution in [-0.2, 0) is 0 Å². The summed E-state index contributed by atoms with van der Waals surface area (Å²) in [5.41, 5.74) is 2.45. The molecule has 0 bridgehead atoms. The van der Waals surface area contributed by atoms with Gasteiger partial charge >= 0.3 is 0 Å². The van der Waals surface area contributed by atoms with E-state index in [1.54, 1.807) is 0 Å². The number of aliphatic hydroxyl groups is 1. The van der Waals surface area contributed by atoms with Crippen molar-refractivity contribution in [3.05, 3.63) is 35.4 Å². The minimum atomic E-state index is 0.258. The lowest BCUT2D eigenvalue weighted by molar-refractivity contribution is -0.0649. The minimum absolute atomic E-state index is 0.258. The van der Waals surface area contributed by atoms with Gasteiger partial charge in [0.05, 0.1) is 13.2 Å². The molecule has 3 aliphatic rings. The molecule has 1 N–H and O–H groups in total. The Balaban J connectivity index is 1.47. The van der Waals surface area contributed by atoms with Crippen LogP contribution in [0, 0.1) is 17.8 Å². The quantitative estimate of drug-likeness (QED) is 0.793. The zero-order chi connectivity index (χ0) is 19.5. The van der Waals surface area contributed by atoms with Gasteiger partial charge in [-0.3, -0.25) is 9.80 Å². The predicted molar refractivity (Wildman–Crippen MR) is 114 cm³/mol. The van der Waals surface area contributed by atoms with Crippen molar-refractivity contribution < 1.29 is 5.11 Å². The van der Waals surface area contributed by atoms with Gasteiger partial charge in [0.15, 0.2) is 0 Å². The maximum absolute atomic E-state index is 10.1. The molecule has 4 rings (SSSR count). The van der Waals surface area contributed by atoms with E-state index in [4.69, 9.17) is 0 Å². The monoisotopic (exact) mass is 381 g/mol. The average molecular weight is 382 g/mol. The van der Waals surface area contributed by atoms with Crippen molar-refractivity contribution in [3.8, 4) is 11.8 Å². The molecule has 2 heterocycles. The summed E-state index contributed by atoms with van der Waals surface area (Å²) in [6.07, 6.45) is 5.38. The fraction of sp³-hybridized carbons (Fsp3) is 0.667. The molecule has 2 aliphatic heterocycles. The number of benzene rings is 1. The van der Waals surface area contributed by atoms with E-state index < -0.39 is 0 Å². The molecule has 0 spiro atoms. The van der Waals surface area contributed by atoms with E-state index in [-0.39, 0.29) is 12.6 Å². The smallest absolute Gasteiger partial charge is 0.0600 e. The van der Waals surface area contributed by atoms with Gasteiger partial charge in [0.1, 0.15) is 0 Å². The van der Waals surface area contributed by atoms with Gasteiger partial charge in [-0.25, -0.2) is 0 Å². The molecule has 1 saturated carbocycles. The molecule has 0 unspecified atom stereocenters. The Hall–Kier alpha value is -1.38. The summed E-state index contributed by atoms with van der Waals surface area (Å²) in [5, 5.41) is 10.1. The normalized spacial score (nSPS) is 28.6. The number of nitrogens with zero attached hydrogens (tertiary/aromatic N) is 3. The first-order valence-electron chi connectivity index (χ1n) is 11.0. The van der Waals surface area contributed by atoms with Crippen molar-refractivity contribution in [3.63, 3.8) is 0 Å². The first kappa shape index (κ1) is 19.9. The lowest BCUT2D eigenvalue weighted by Crippen LogP contribution is -2.67. The first-order valence-corrected chi connectivity index (χ1v) is 11.0. The van der Waals surface area contributed by atoms with Crippen LogP contribution in [0.1, 0.15) is 42.7 Å².